The molecular weight excluding hydrogens is 346 g/mol. The number of carbonyl (C=O) groups excluding carboxylic acids is 1. The van der Waals surface area contributed by atoms with Gasteiger partial charge >= 0.3 is 5.63 Å². The fourth-order valence-electron chi connectivity index (χ4n) is 3.43. The summed E-state index contributed by atoms with van der Waals surface area (Å²) < 4.78 is 10.7. The average molecular weight is 369 g/mol. The Hall–Kier alpha value is -2.67. The third kappa shape index (κ3) is 3.73. The lowest BCUT2D eigenvalue weighted by molar-refractivity contribution is 0.102. The summed E-state index contributed by atoms with van der Waals surface area (Å²) >= 11 is 0. The molecule has 7 heteroatoms. The maximum atomic E-state index is 12.6. The topological polar surface area (TPSA) is 84.7 Å². The van der Waals surface area contributed by atoms with Crippen LogP contribution in [0.25, 0.3) is 0 Å². The Morgan fingerprint density at radius 1 is 1.26 bits per heavy atom. The number of anilines is 2. The van der Waals surface area contributed by atoms with Gasteiger partial charge in [-0.25, -0.2) is 9.78 Å². The number of pyridine rings is 1. The van der Waals surface area contributed by atoms with Crippen molar-refractivity contribution in [3.8, 4) is 0 Å². The summed E-state index contributed by atoms with van der Waals surface area (Å²) in [5.74, 6) is 1.38. The van der Waals surface area contributed by atoms with E-state index in [1.807, 2.05) is 12.1 Å². The Morgan fingerprint density at radius 2 is 2.04 bits per heavy atom. The van der Waals surface area contributed by atoms with Crippen LogP contribution in [0.4, 0.5) is 11.5 Å². The van der Waals surface area contributed by atoms with Crippen molar-refractivity contribution in [2.45, 2.75) is 32.1 Å². The quantitative estimate of drug-likeness (QED) is 0.892. The maximum absolute atomic E-state index is 12.6. The van der Waals surface area contributed by atoms with Gasteiger partial charge in [0.05, 0.1) is 25.1 Å². The van der Waals surface area contributed by atoms with Crippen molar-refractivity contribution in [3.05, 3.63) is 51.7 Å². The Morgan fingerprint density at radius 3 is 2.63 bits per heavy atom. The van der Waals surface area contributed by atoms with Crippen LogP contribution >= 0.6 is 0 Å². The van der Waals surface area contributed by atoms with Crippen LogP contribution in [-0.4, -0.2) is 37.2 Å². The molecule has 1 N–H and O–H groups in total. The van der Waals surface area contributed by atoms with Crippen LogP contribution < -0.4 is 15.8 Å². The van der Waals surface area contributed by atoms with Crippen LogP contribution in [-0.2, 0) is 4.74 Å². The number of aryl methyl sites for hydroxylation is 1. The molecule has 2 fully saturated rings. The first-order chi connectivity index (χ1) is 13.1. The molecule has 1 aliphatic carbocycles. The van der Waals surface area contributed by atoms with Crippen LogP contribution in [0.15, 0.2) is 33.6 Å². The van der Waals surface area contributed by atoms with E-state index in [9.17, 15) is 9.59 Å². The van der Waals surface area contributed by atoms with E-state index in [4.69, 9.17) is 9.15 Å². The molecule has 2 aromatic heterocycles. The Bertz CT molecular complexity index is 881. The van der Waals surface area contributed by atoms with Gasteiger partial charge in [0.1, 0.15) is 17.1 Å². The number of nitrogens with one attached hydrogen (secondary N) is 1. The van der Waals surface area contributed by atoms with Crippen molar-refractivity contribution in [1.82, 2.24) is 4.98 Å². The predicted molar refractivity (Wildman–Crippen MR) is 102 cm³/mol. The molecule has 0 aromatic carbocycles. The van der Waals surface area contributed by atoms with E-state index < -0.39 is 11.5 Å². The molecule has 1 amide bonds. The number of rotatable bonds is 4. The van der Waals surface area contributed by atoms with Crippen molar-refractivity contribution in [1.29, 1.82) is 0 Å². The highest BCUT2D eigenvalue weighted by Gasteiger charge is 2.25. The number of morpholine rings is 1. The SMILES string of the molecule is Cc1cc(C2CCC2)oc(=O)c1C(=O)Nc1ccc(N2CCOCC2)nc1. The van der Waals surface area contributed by atoms with Crippen LogP contribution in [0.5, 0.6) is 0 Å². The molecule has 1 saturated carbocycles. The average Bonchev–Trinajstić information content (AvgIpc) is 2.61. The number of nitrogens with zero attached hydrogens (tertiary/aromatic N) is 2. The van der Waals surface area contributed by atoms with Crippen molar-refractivity contribution in [3.63, 3.8) is 0 Å². The molecule has 142 valence electrons. The van der Waals surface area contributed by atoms with E-state index in [1.165, 1.54) is 0 Å². The third-order valence-electron chi connectivity index (χ3n) is 5.24. The number of hydrogen-bond donors (Lipinski definition) is 1. The highest BCUT2D eigenvalue weighted by atomic mass is 16.5. The molecular formula is C20H23N3O4. The van der Waals surface area contributed by atoms with Crippen molar-refractivity contribution in [2.75, 3.05) is 36.5 Å². The monoisotopic (exact) mass is 369 g/mol. The summed E-state index contributed by atoms with van der Waals surface area (Å²) in [7, 11) is 0. The van der Waals surface area contributed by atoms with Crippen molar-refractivity contribution < 1.29 is 13.9 Å². The van der Waals surface area contributed by atoms with Gasteiger partial charge in [0.25, 0.3) is 5.91 Å². The van der Waals surface area contributed by atoms with Gasteiger partial charge in [-0.3, -0.25) is 4.79 Å². The van der Waals surface area contributed by atoms with Gasteiger partial charge in [-0.15, -0.1) is 0 Å². The molecule has 0 spiro atoms. The molecule has 1 saturated heterocycles. The van der Waals surface area contributed by atoms with E-state index in [0.717, 1.165) is 38.2 Å². The molecule has 0 radical (unpaired) electrons. The van der Waals surface area contributed by atoms with E-state index in [0.29, 0.717) is 36.1 Å². The van der Waals surface area contributed by atoms with Gasteiger partial charge in [-0.2, -0.15) is 0 Å². The van der Waals surface area contributed by atoms with Gasteiger partial charge in [0.15, 0.2) is 0 Å². The molecule has 4 rings (SSSR count). The first-order valence-corrected chi connectivity index (χ1v) is 9.36. The lowest BCUT2D eigenvalue weighted by Crippen LogP contribution is -2.36. The Kier molecular flexibility index (Phi) is 4.94. The van der Waals surface area contributed by atoms with Crippen LogP contribution in [0, 0.1) is 6.92 Å². The number of carbonyl (C=O) groups is 1. The standard InChI is InChI=1S/C20H23N3O4/c1-13-11-16(14-3-2-4-14)27-20(25)18(13)19(24)22-15-5-6-17(21-12-15)23-7-9-26-10-8-23/h5-6,11-12,14H,2-4,7-10H2,1H3,(H,22,24). The van der Waals surface area contributed by atoms with Crippen molar-refractivity contribution in [2.24, 2.45) is 0 Å². The fourth-order valence-corrected chi connectivity index (χ4v) is 3.43. The minimum absolute atomic E-state index is 0.0512. The van der Waals surface area contributed by atoms with Gasteiger partial charge < -0.3 is 19.4 Å². The predicted octanol–water partition coefficient (Wildman–Crippen LogP) is 2.70. The normalized spacial score (nSPS) is 17.4. The van der Waals surface area contributed by atoms with Gasteiger partial charge in [-0.1, -0.05) is 6.42 Å². The lowest BCUT2D eigenvalue weighted by Gasteiger charge is -2.27. The summed E-state index contributed by atoms with van der Waals surface area (Å²) in [4.78, 5) is 31.5. The van der Waals surface area contributed by atoms with E-state index >= 15 is 0 Å². The van der Waals surface area contributed by atoms with E-state index in [-0.39, 0.29) is 5.56 Å². The number of ether oxygens (including phenoxy) is 1. The van der Waals surface area contributed by atoms with Crippen LogP contribution in [0.2, 0.25) is 0 Å². The molecule has 1 aliphatic heterocycles. The zero-order valence-corrected chi connectivity index (χ0v) is 15.4. The molecule has 0 atom stereocenters. The smallest absolute Gasteiger partial charge is 0.349 e. The first-order valence-electron chi connectivity index (χ1n) is 9.36. The Balaban J connectivity index is 1.48. The highest BCUT2D eigenvalue weighted by molar-refractivity contribution is 6.04. The molecule has 0 unspecified atom stereocenters. The molecule has 2 aliphatic rings. The van der Waals surface area contributed by atoms with Gasteiger partial charge in [-0.05, 0) is 43.5 Å². The lowest BCUT2D eigenvalue weighted by atomic mass is 9.83. The summed E-state index contributed by atoms with van der Waals surface area (Å²) in [6, 6.07) is 5.46. The minimum atomic E-state index is -0.577. The largest absolute Gasteiger partial charge is 0.427 e. The second-order valence-corrected chi connectivity index (χ2v) is 7.08. The number of hydrogen-bond acceptors (Lipinski definition) is 6. The van der Waals surface area contributed by atoms with Gasteiger partial charge in [0.2, 0.25) is 0 Å². The third-order valence-corrected chi connectivity index (χ3v) is 5.24. The fraction of sp³-hybridized carbons (Fsp3) is 0.450. The van der Waals surface area contributed by atoms with E-state index in [2.05, 4.69) is 15.2 Å². The van der Waals surface area contributed by atoms with E-state index in [1.54, 1.807) is 19.2 Å². The molecule has 0 bridgehead atoms. The van der Waals surface area contributed by atoms with Crippen LogP contribution in [0.3, 0.4) is 0 Å². The maximum Gasteiger partial charge on any atom is 0.349 e. The summed E-state index contributed by atoms with van der Waals surface area (Å²) in [5.41, 5.74) is 0.657. The van der Waals surface area contributed by atoms with Crippen molar-refractivity contribution >= 4 is 17.4 Å². The summed E-state index contributed by atoms with van der Waals surface area (Å²) in [5, 5.41) is 2.74. The molecule has 2 aromatic rings. The number of amides is 1. The summed E-state index contributed by atoms with van der Waals surface area (Å²) in [6.45, 7) is 4.74. The zero-order valence-electron chi connectivity index (χ0n) is 15.4. The first kappa shape index (κ1) is 17.7. The Labute approximate surface area is 157 Å². The molecule has 7 nitrogen and oxygen atoms in total. The zero-order chi connectivity index (χ0) is 18.8. The highest BCUT2D eigenvalue weighted by Crippen LogP contribution is 2.36. The molecule has 27 heavy (non-hydrogen) atoms. The second kappa shape index (κ2) is 7.52. The number of aromatic nitrogens is 1. The molecule has 3 heterocycles. The van der Waals surface area contributed by atoms with Gasteiger partial charge in [0, 0.05) is 19.0 Å². The summed E-state index contributed by atoms with van der Waals surface area (Å²) in [6.07, 6.45) is 4.83. The minimum Gasteiger partial charge on any atom is -0.427 e. The second-order valence-electron chi connectivity index (χ2n) is 7.08. The van der Waals surface area contributed by atoms with Crippen LogP contribution in [0.1, 0.15) is 46.9 Å².